The third-order valence-corrected chi connectivity index (χ3v) is 9.72. The largest absolute Gasteiger partial charge is 0.346 e. The summed E-state index contributed by atoms with van der Waals surface area (Å²) < 4.78 is 0. The van der Waals surface area contributed by atoms with Crippen LogP contribution in [0.5, 0.6) is 0 Å². The van der Waals surface area contributed by atoms with E-state index >= 15 is 0 Å². The summed E-state index contributed by atoms with van der Waals surface area (Å²) in [7, 11) is 0. The van der Waals surface area contributed by atoms with E-state index < -0.39 is 0 Å². The van der Waals surface area contributed by atoms with Crippen LogP contribution in [0.15, 0.2) is 0 Å². The van der Waals surface area contributed by atoms with Crippen molar-refractivity contribution in [2.75, 3.05) is 36.4 Å². The maximum atomic E-state index is 13.1. The molecule has 3 heterocycles. The van der Waals surface area contributed by atoms with Crippen molar-refractivity contribution in [1.29, 1.82) is 0 Å². The van der Waals surface area contributed by atoms with Gasteiger partial charge in [-0.1, -0.05) is 17.8 Å². The molecule has 6 fully saturated rings. The van der Waals surface area contributed by atoms with E-state index in [2.05, 4.69) is 25.3 Å². The molecule has 0 atom stereocenters. The normalized spacial score (nSPS) is 36.9. The molecule has 1 N–H and O–H groups in total. The highest BCUT2D eigenvalue weighted by atomic mass is 32.1. The van der Waals surface area contributed by atoms with Gasteiger partial charge in [0.25, 0.3) is 0 Å². The lowest BCUT2D eigenvalue weighted by atomic mass is 9.51. The van der Waals surface area contributed by atoms with E-state index in [9.17, 15) is 4.79 Å². The van der Waals surface area contributed by atoms with Crippen molar-refractivity contribution in [3.63, 3.8) is 0 Å². The number of carbonyl (C=O) groups is 1. The Morgan fingerprint density at radius 3 is 2.20 bits per heavy atom. The van der Waals surface area contributed by atoms with Crippen LogP contribution in [-0.2, 0) is 4.79 Å². The van der Waals surface area contributed by atoms with Crippen molar-refractivity contribution < 1.29 is 4.79 Å². The van der Waals surface area contributed by atoms with Gasteiger partial charge in [0.15, 0.2) is 0 Å². The van der Waals surface area contributed by atoms with Crippen LogP contribution < -0.4 is 10.2 Å². The fourth-order valence-electron chi connectivity index (χ4n) is 7.64. The summed E-state index contributed by atoms with van der Waals surface area (Å²) in [6.45, 7) is 4.67. The Kier molecular flexibility index (Phi) is 5.22. The molecule has 1 amide bonds. The third-order valence-electron chi connectivity index (χ3n) is 8.82. The zero-order valence-electron chi connectivity index (χ0n) is 18.0. The molecule has 30 heavy (non-hydrogen) atoms. The number of anilines is 2. The second-order valence-corrected chi connectivity index (χ2v) is 11.6. The molecule has 6 aliphatic rings. The summed E-state index contributed by atoms with van der Waals surface area (Å²) in [5.74, 6) is 3.46. The molecular weight excluding hydrogens is 394 g/mol. The Morgan fingerprint density at radius 1 is 0.867 bits per heavy atom. The smallest absolute Gasteiger partial charge is 0.229 e. The number of nitrogens with one attached hydrogen (secondary N) is 1. The molecule has 7 rings (SSSR count). The second kappa shape index (κ2) is 8.05. The molecule has 164 valence electrons. The average Bonchev–Trinajstić information content (AvgIpc) is 3.22. The lowest BCUT2D eigenvalue weighted by Crippen LogP contribution is -2.49. The Morgan fingerprint density at radius 2 is 1.53 bits per heavy atom. The minimum absolute atomic E-state index is 0.213. The average molecular weight is 430 g/mol. The SMILES string of the molecule is O=C(Nc1nnc(N2CCC(N3CCCCC3)CC2)s1)C1C2CC3CC(C2)CC1C3. The topological polar surface area (TPSA) is 61.4 Å². The highest BCUT2D eigenvalue weighted by molar-refractivity contribution is 7.19. The van der Waals surface area contributed by atoms with Crippen LogP contribution in [0.1, 0.15) is 64.2 Å². The van der Waals surface area contributed by atoms with Crippen LogP contribution >= 0.6 is 11.3 Å². The summed E-state index contributed by atoms with van der Waals surface area (Å²) in [5.41, 5.74) is 0. The Hall–Kier alpha value is -1.21. The third kappa shape index (κ3) is 3.66. The van der Waals surface area contributed by atoms with Crippen molar-refractivity contribution in [3.8, 4) is 0 Å². The minimum atomic E-state index is 0.213. The molecule has 0 spiro atoms. The number of aromatic nitrogens is 2. The lowest BCUT2D eigenvalue weighted by molar-refractivity contribution is -0.132. The van der Waals surface area contributed by atoms with Gasteiger partial charge >= 0.3 is 0 Å². The summed E-state index contributed by atoms with van der Waals surface area (Å²) >= 11 is 1.56. The standard InChI is InChI=1S/C23H35N5OS/c29-21(20-17-11-15-10-16(13-17)14-18(20)12-15)24-22-25-26-23(30-22)28-8-4-19(5-9-28)27-6-2-1-3-7-27/h15-20H,1-14H2,(H,24,25,29). The van der Waals surface area contributed by atoms with Crippen molar-refractivity contribution in [1.82, 2.24) is 15.1 Å². The molecule has 6 nitrogen and oxygen atoms in total. The van der Waals surface area contributed by atoms with Gasteiger partial charge in [-0.2, -0.15) is 0 Å². The van der Waals surface area contributed by atoms with Crippen LogP contribution in [0.25, 0.3) is 0 Å². The highest BCUT2D eigenvalue weighted by Crippen LogP contribution is 2.56. The quantitative estimate of drug-likeness (QED) is 0.784. The van der Waals surface area contributed by atoms with Gasteiger partial charge in [-0.05, 0) is 94.5 Å². The maximum Gasteiger partial charge on any atom is 0.229 e. The van der Waals surface area contributed by atoms with E-state index in [0.29, 0.717) is 17.0 Å². The first-order valence-corrected chi connectivity index (χ1v) is 13.2. The fraction of sp³-hybridized carbons (Fsp3) is 0.870. The number of hydrogen-bond acceptors (Lipinski definition) is 6. The number of carbonyl (C=O) groups excluding carboxylic acids is 1. The van der Waals surface area contributed by atoms with Gasteiger partial charge in [0.05, 0.1) is 0 Å². The first kappa shape index (κ1) is 19.5. The number of amides is 1. The van der Waals surface area contributed by atoms with E-state index in [1.807, 2.05) is 0 Å². The summed E-state index contributed by atoms with van der Waals surface area (Å²) in [4.78, 5) is 18.2. The van der Waals surface area contributed by atoms with Crippen molar-refractivity contribution in [3.05, 3.63) is 0 Å². The number of hydrogen-bond donors (Lipinski definition) is 1. The van der Waals surface area contributed by atoms with Gasteiger partial charge in [0, 0.05) is 25.0 Å². The van der Waals surface area contributed by atoms with Crippen molar-refractivity contribution in [2.45, 2.75) is 70.3 Å². The molecular formula is C23H35N5OS. The highest BCUT2D eigenvalue weighted by Gasteiger charge is 2.50. The van der Waals surface area contributed by atoms with Crippen molar-refractivity contribution >= 4 is 27.5 Å². The second-order valence-electron chi connectivity index (χ2n) is 10.7. The first-order valence-electron chi connectivity index (χ1n) is 12.4. The van der Waals surface area contributed by atoms with Gasteiger partial charge in [0.2, 0.25) is 16.2 Å². The van der Waals surface area contributed by atoms with E-state index in [1.165, 1.54) is 77.3 Å². The number of likely N-dealkylation sites (tertiary alicyclic amines) is 1. The number of piperidine rings is 2. The van der Waals surface area contributed by atoms with Crippen LogP contribution in [-0.4, -0.2) is 53.2 Å². The van der Waals surface area contributed by atoms with Gasteiger partial charge in [-0.3, -0.25) is 4.79 Å². The molecule has 0 unspecified atom stereocenters. The molecule has 4 bridgehead atoms. The van der Waals surface area contributed by atoms with Crippen LogP contribution in [0.3, 0.4) is 0 Å². The molecule has 0 radical (unpaired) electrons. The summed E-state index contributed by atoms with van der Waals surface area (Å²) in [6.07, 6.45) is 13.1. The molecule has 4 saturated carbocycles. The van der Waals surface area contributed by atoms with Crippen LogP contribution in [0.2, 0.25) is 0 Å². The van der Waals surface area contributed by atoms with E-state index in [4.69, 9.17) is 0 Å². The van der Waals surface area contributed by atoms with E-state index in [-0.39, 0.29) is 11.8 Å². The molecule has 1 aromatic rings. The van der Waals surface area contributed by atoms with Crippen LogP contribution in [0, 0.1) is 29.6 Å². The van der Waals surface area contributed by atoms with Gasteiger partial charge < -0.3 is 15.1 Å². The number of rotatable bonds is 4. The summed E-state index contributed by atoms with van der Waals surface area (Å²) in [5, 5.41) is 13.6. The van der Waals surface area contributed by atoms with Gasteiger partial charge in [0.1, 0.15) is 0 Å². The van der Waals surface area contributed by atoms with Gasteiger partial charge in [-0.25, -0.2) is 0 Å². The molecule has 1 aromatic heterocycles. The van der Waals surface area contributed by atoms with Gasteiger partial charge in [-0.15, -0.1) is 10.2 Å². The van der Waals surface area contributed by atoms with Crippen LogP contribution in [0.4, 0.5) is 10.3 Å². The zero-order valence-corrected chi connectivity index (χ0v) is 18.8. The monoisotopic (exact) mass is 429 g/mol. The van der Waals surface area contributed by atoms with E-state index in [0.717, 1.165) is 36.1 Å². The number of nitrogens with zero attached hydrogens (tertiary/aromatic N) is 4. The lowest BCUT2D eigenvalue weighted by Gasteiger charge is -2.53. The predicted octanol–water partition coefficient (Wildman–Crippen LogP) is 4.00. The molecule has 2 saturated heterocycles. The Bertz CT molecular complexity index is 739. The summed E-state index contributed by atoms with van der Waals surface area (Å²) in [6, 6.07) is 0.741. The predicted molar refractivity (Wildman–Crippen MR) is 120 cm³/mol. The fourth-order valence-corrected chi connectivity index (χ4v) is 8.44. The Labute approximate surface area is 183 Å². The zero-order chi connectivity index (χ0) is 20.1. The first-order chi connectivity index (χ1) is 14.7. The maximum absolute atomic E-state index is 13.1. The molecule has 2 aliphatic heterocycles. The molecule has 7 heteroatoms. The molecule has 0 aromatic carbocycles. The minimum Gasteiger partial charge on any atom is -0.346 e. The Balaban J connectivity index is 1.05. The molecule has 4 aliphatic carbocycles. The van der Waals surface area contributed by atoms with Crippen molar-refractivity contribution in [2.24, 2.45) is 29.6 Å². The van der Waals surface area contributed by atoms with E-state index in [1.54, 1.807) is 11.3 Å².